The number of piperidine rings is 1. The van der Waals surface area contributed by atoms with Gasteiger partial charge < -0.3 is 10.0 Å². The number of nitrogens with one attached hydrogen (secondary N) is 1. The van der Waals surface area contributed by atoms with Gasteiger partial charge >= 0.3 is 0 Å². The molecule has 5 nitrogen and oxygen atoms in total. The number of carbonyl (C=O) groups excluding carboxylic acids is 1. The Hall–Kier alpha value is -2.92. The molecule has 0 aliphatic carbocycles. The Morgan fingerprint density at radius 3 is 2.59 bits per heavy atom. The van der Waals surface area contributed by atoms with Crippen LogP contribution in [0.3, 0.4) is 0 Å². The Kier molecular flexibility index (Phi) is 5.03. The summed E-state index contributed by atoms with van der Waals surface area (Å²) < 4.78 is 0. The minimum absolute atomic E-state index is 0.0629. The molecule has 1 fully saturated rings. The van der Waals surface area contributed by atoms with Gasteiger partial charge in [-0.05, 0) is 41.5 Å². The van der Waals surface area contributed by atoms with Gasteiger partial charge in [0.05, 0.1) is 12.8 Å². The van der Waals surface area contributed by atoms with Gasteiger partial charge in [0.2, 0.25) is 0 Å². The van der Waals surface area contributed by atoms with Crippen molar-refractivity contribution in [2.45, 2.75) is 25.4 Å². The number of benzene rings is 2. The largest absolute Gasteiger partial charge is 0.392 e. The SMILES string of the molecule is O=C(c1ccccc1-c1cn[nH]c1)N1CCC(c2ccccc2CO)CC1. The van der Waals surface area contributed by atoms with Crippen LogP contribution in [0.25, 0.3) is 11.1 Å². The van der Waals surface area contributed by atoms with E-state index in [9.17, 15) is 9.90 Å². The van der Waals surface area contributed by atoms with Gasteiger partial charge in [0.25, 0.3) is 5.91 Å². The lowest BCUT2D eigenvalue weighted by molar-refractivity contribution is 0.0713. The quantitative estimate of drug-likeness (QED) is 0.746. The molecule has 1 saturated heterocycles. The molecule has 0 spiro atoms. The molecule has 4 rings (SSSR count). The second-order valence-corrected chi connectivity index (χ2v) is 6.96. The average molecular weight is 361 g/mol. The lowest BCUT2D eigenvalue weighted by atomic mass is 9.86. The third-order valence-electron chi connectivity index (χ3n) is 5.41. The highest BCUT2D eigenvalue weighted by Gasteiger charge is 2.27. The molecule has 3 aromatic rings. The molecule has 2 heterocycles. The number of hydrogen-bond donors (Lipinski definition) is 2. The topological polar surface area (TPSA) is 69.2 Å². The Balaban J connectivity index is 1.50. The summed E-state index contributed by atoms with van der Waals surface area (Å²) in [5, 5.41) is 16.4. The number of rotatable bonds is 4. The number of carbonyl (C=O) groups is 1. The number of aromatic amines is 1. The fraction of sp³-hybridized carbons (Fsp3) is 0.273. The summed E-state index contributed by atoms with van der Waals surface area (Å²) in [6.45, 7) is 1.51. The fourth-order valence-electron chi connectivity index (χ4n) is 3.96. The van der Waals surface area contributed by atoms with Gasteiger partial charge in [-0.2, -0.15) is 5.10 Å². The average Bonchev–Trinajstić information content (AvgIpc) is 3.28. The van der Waals surface area contributed by atoms with E-state index < -0.39 is 0 Å². The molecule has 2 aromatic carbocycles. The van der Waals surface area contributed by atoms with Crippen molar-refractivity contribution in [3.63, 3.8) is 0 Å². The van der Waals surface area contributed by atoms with Crippen LogP contribution in [0, 0.1) is 0 Å². The maximum atomic E-state index is 13.1. The number of hydrogen-bond acceptors (Lipinski definition) is 3. The second-order valence-electron chi connectivity index (χ2n) is 6.96. The van der Waals surface area contributed by atoms with E-state index in [-0.39, 0.29) is 12.5 Å². The second kappa shape index (κ2) is 7.76. The van der Waals surface area contributed by atoms with Gasteiger partial charge in [-0.15, -0.1) is 0 Å². The third-order valence-corrected chi connectivity index (χ3v) is 5.41. The van der Waals surface area contributed by atoms with Crippen LogP contribution in [0.1, 0.15) is 40.2 Å². The number of nitrogens with zero attached hydrogens (tertiary/aromatic N) is 2. The molecule has 1 aromatic heterocycles. The van der Waals surface area contributed by atoms with Gasteiger partial charge in [0.15, 0.2) is 0 Å². The van der Waals surface area contributed by atoms with Gasteiger partial charge in [-0.3, -0.25) is 9.89 Å². The molecule has 1 aliphatic rings. The third kappa shape index (κ3) is 3.51. The Morgan fingerprint density at radius 2 is 1.85 bits per heavy atom. The van der Waals surface area contributed by atoms with E-state index >= 15 is 0 Å². The van der Waals surface area contributed by atoms with E-state index in [1.807, 2.05) is 53.6 Å². The molecule has 1 aliphatic heterocycles. The number of aliphatic hydroxyl groups is 1. The smallest absolute Gasteiger partial charge is 0.254 e. The summed E-state index contributed by atoms with van der Waals surface area (Å²) in [4.78, 5) is 15.1. The van der Waals surface area contributed by atoms with Gasteiger partial charge in [0.1, 0.15) is 0 Å². The van der Waals surface area contributed by atoms with Crippen LogP contribution < -0.4 is 0 Å². The minimum atomic E-state index is 0.0629. The zero-order valence-corrected chi connectivity index (χ0v) is 15.1. The molecule has 2 N–H and O–H groups in total. The van der Waals surface area contributed by atoms with Crippen molar-refractivity contribution < 1.29 is 9.90 Å². The number of amides is 1. The van der Waals surface area contributed by atoms with Crippen LogP contribution >= 0.6 is 0 Å². The Morgan fingerprint density at radius 1 is 1.11 bits per heavy atom. The Bertz CT molecular complexity index is 913. The van der Waals surface area contributed by atoms with Gasteiger partial charge in [-0.25, -0.2) is 0 Å². The molecule has 0 radical (unpaired) electrons. The number of aromatic nitrogens is 2. The molecule has 0 atom stereocenters. The predicted octanol–water partition coefficient (Wildman–Crippen LogP) is 3.59. The molecule has 1 amide bonds. The van der Waals surface area contributed by atoms with E-state index in [0.29, 0.717) is 11.5 Å². The summed E-state index contributed by atoms with van der Waals surface area (Å²) in [6, 6.07) is 15.8. The molecule has 0 bridgehead atoms. The minimum Gasteiger partial charge on any atom is -0.392 e. The summed E-state index contributed by atoms with van der Waals surface area (Å²) >= 11 is 0. The van der Waals surface area contributed by atoms with Crippen LogP contribution in [0.2, 0.25) is 0 Å². The Labute approximate surface area is 158 Å². The summed E-state index contributed by atoms with van der Waals surface area (Å²) in [5.74, 6) is 0.460. The number of aliphatic hydroxyl groups excluding tert-OH is 1. The van der Waals surface area contributed by atoms with E-state index in [0.717, 1.165) is 42.6 Å². The van der Waals surface area contributed by atoms with Crippen LogP contribution in [0.15, 0.2) is 60.9 Å². The lowest BCUT2D eigenvalue weighted by Crippen LogP contribution is -2.38. The van der Waals surface area contributed by atoms with Crippen LogP contribution in [0.5, 0.6) is 0 Å². The zero-order valence-electron chi connectivity index (χ0n) is 15.1. The highest BCUT2D eigenvalue weighted by atomic mass is 16.3. The van der Waals surface area contributed by atoms with E-state index in [1.165, 1.54) is 5.56 Å². The summed E-state index contributed by atoms with van der Waals surface area (Å²) in [7, 11) is 0. The zero-order chi connectivity index (χ0) is 18.6. The first kappa shape index (κ1) is 17.5. The maximum Gasteiger partial charge on any atom is 0.254 e. The fourth-order valence-corrected chi connectivity index (χ4v) is 3.96. The van der Waals surface area contributed by atoms with Crippen LogP contribution in [-0.4, -0.2) is 39.2 Å². The summed E-state index contributed by atoms with van der Waals surface area (Å²) in [5.41, 5.74) is 4.75. The van der Waals surface area contributed by atoms with Crippen molar-refractivity contribution in [1.82, 2.24) is 15.1 Å². The van der Waals surface area contributed by atoms with Crippen molar-refractivity contribution in [1.29, 1.82) is 0 Å². The predicted molar refractivity (Wildman–Crippen MR) is 104 cm³/mol. The normalized spacial score (nSPS) is 15.1. The highest BCUT2D eigenvalue weighted by molar-refractivity contribution is 6.00. The first-order chi connectivity index (χ1) is 13.3. The van der Waals surface area contributed by atoms with Gasteiger partial charge in [-0.1, -0.05) is 42.5 Å². The molecule has 27 heavy (non-hydrogen) atoms. The monoisotopic (exact) mass is 361 g/mol. The standard InChI is InChI=1S/C22H23N3O2/c26-15-17-5-1-2-6-19(17)16-9-11-25(12-10-16)22(27)21-8-4-3-7-20(21)18-13-23-24-14-18/h1-8,13-14,16,26H,9-12,15H2,(H,23,24). The van der Waals surface area contributed by atoms with Crippen molar-refractivity contribution in [2.75, 3.05) is 13.1 Å². The maximum absolute atomic E-state index is 13.1. The van der Waals surface area contributed by atoms with E-state index in [4.69, 9.17) is 0 Å². The number of likely N-dealkylation sites (tertiary alicyclic amines) is 1. The first-order valence-electron chi connectivity index (χ1n) is 9.34. The highest BCUT2D eigenvalue weighted by Crippen LogP contribution is 2.32. The van der Waals surface area contributed by atoms with Crippen molar-refractivity contribution in [2.24, 2.45) is 0 Å². The molecule has 0 saturated carbocycles. The lowest BCUT2D eigenvalue weighted by Gasteiger charge is -2.33. The van der Waals surface area contributed by atoms with Crippen molar-refractivity contribution in [3.05, 3.63) is 77.6 Å². The van der Waals surface area contributed by atoms with Crippen molar-refractivity contribution in [3.8, 4) is 11.1 Å². The van der Waals surface area contributed by atoms with E-state index in [2.05, 4.69) is 16.3 Å². The first-order valence-corrected chi connectivity index (χ1v) is 9.34. The number of H-pyrrole nitrogens is 1. The molecular formula is C22H23N3O2. The van der Waals surface area contributed by atoms with E-state index in [1.54, 1.807) is 6.20 Å². The molecule has 0 unspecified atom stereocenters. The molecule has 138 valence electrons. The summed E-state index contributed by atoms with van der Waals surface area (Å²) in [6.07, 6.45) is 5.38. The van der Waals surface area contributed by atoms with Crippen molar-refractivity contribution >= 4 is 5.91 Å². The van der Waals surface area contributed by atoms with Gasteiger partial charge in [0, 0.05) is 30.4 Å². The molecule has 5 heteroatoms. The van der Waals surface area contributed by atoms with Crippen LogP contribution in [-0.2, 0) is 6.61 Å². The van der Waals surface area contributed by atoms with Crippen LogP contribution in [0.4, 0.5) is 0 Å². The molecular weight excluding hydrogens is 338 g/mol.